The lowest BCUT2D eigenvalue weighted by Crippen LogP contribution is -2.08. The third-order valence-corrected chi connectivity index (χ3v) is 2.65. The van der Waals surface area contributed by atoms with Crippen molar-refractivity contribution in [3.8, 4) is 0 Å². The molecule has 0 bridgehead atoms. The van der Waals surface area contributed by atoms with Gasteiger partial charge in [0.05, 0.1) is 24.6 Å². The van der Waals surface area contributed by atoms with E-state index in [1.165, 1.54) is 7.11 Å². The number of pyridine rings is 1. The normalized spacial score (nSPS) is 11.1. The fraction of sp³-hybridized carbons (Fsp3) is 0.417. The lowest BCUT2D eigenvalue weighted by atomic mass is 10.2. The SMILES string of the molecule is COC(=O)c1cc2cnn(C(C)C)c2nc1C. The van der Waals surface area contributed by atoms with Crippen LogP contribution < -0.4 is 0 Å². The number of ether oxygens (including phenoxy) is 1. The number of aryl methyl sites for hydroxylation is 1. The number of nitrogens with zero attached hydrogens (tertiary/aromatic N) is 3. The van der Waals surface area contributed by atoms with Gasteiger partial charge in [0.25, 0.3) is 0 Å². The van der Waals surface area contributed by atoms with Crippen LogP contribution in [-0.4, -0.2) is 27.8 Å². The molecule has 2 aromatic rings. The molecule has 0 radical (unpaired) electrons. The Balaban J connectivity index is 2.64. The summed E-state index contributed by atoms with van der Waals surface area (Å²) in [4.78, 5) is 16.0. The Morgan fingerprint density at radius 2 is 2.18 bits per heavy atom. The van der Waals surface area contributed by atoms with Gasteiger partial charge in [0.15, 0.2) is 5.65 Å². The maximum atomic E-state index is 11.5. The number of carbonyl (C=O) groups is 1. The van der Waals surface area contributed by atoms with E-state index >= 15 is 0 Å². The molecule has 0 saturated heterocycles. The first-order chi connectivity index (χ1) is 8.04. The molecule has 5 nitrogen and oxygen atoms in total. The molecule has 90 valence electrons. The van der Waals surface area contributed by atoms with Crippen molar-refractivity contribution < 1.29 is 9.53 Å². The van der Waals surface area contributed by atoms with Gasteiger partial charge in [0.1, 0.15) is 0 Å². The first-order valence-corrected chi connectivity index (χ1v) is 5.47. The minimum Gasteiger partial charge on any atom is -0.465 e. The Bertz CT molecular complexity index is 572. The van der Waals surface area contributed by atoms with E-state index in [1.807, 2.05) is 18.5 Å². The highest BCUT2D eigenvalue weighted by Gasteiger charge is 2.15. The average molecular weight is 233 g/mol. The van der Waals surface area contributed by atoms with Crippen LogP contribution in [0.3, 0.4) is 0 Å². The van der Waals surface area contributed by atoms with Crippen molar-refractivity contribution in [3.63, 3.8) is 0 Å². The molecule has 0 aliphatic rings. The molecule has 0 aromatic carbocycles. The Hall–Kier alpha value is -1.91. The van der Waals surface area contributed by atoms with E-state index in [4.69, 9.17) is 4.74 Å². The van der Waals surface area contributed by atoms with Crippen LogP contribution >= 0.6 is 0 Å². The Labute approximate surface area is 99.4 Å². The number of carbonyl (C=O) groups excluding carboxylic acids is 1. The van der Waals surface area contributed by atoms with E-state index in [0.29, 0.717) is 11.3 Å². The smallest absolute Gasteiger partial charge is 0.339 e. The Morgan fingerprint density at radius 3 is 2.76 bits per heavy atom. The molecule has 17 heavy (non-hydrogen) atoms. The van der Waals surface area contributed by atoms with E-state index in [-0.39, 0.29) is 12.0 Å². The van der Waals surface area contributed by atoms with Crippen molar-refractivity contribution in [2.45, 2.75) is 26.8 Å². The van der Waals surface area contributed by atoms with Gasteiger partial charge in [0, 0.05) is 11.4 Å². The molecule has 0 amide bonds. The molecule has 0 spiro atoms. The topological polar surface area (TPSA) is 57.0 Å². The molecule has 2 heterocycles. The van der Waals surface area contributed by atoms with Crippen molar-refractivity contribution >= 4 is 17.0 Å². The summed E-state index contributed by atoms with van der Waals surface area (Å²) >= 11 is 0. The van der Waals surface area contributed by atoms with Crippen LogP contribution in [0.5, 0.6) is 0 Å². The zero-order valence-corrected chi connectivity index (χ0v) is 10.4. The van der Waals surface area contributed by atoms with Gasteiger partial charge in [0.2, 0.25) is 0 Å². The zero-order valence-electron chi connectivity index (χ0n) is 10.4. The van der Waals surface area contributed by atoms with Crippen LogP contribution in [0.15, 0.2) is 12.3 Å². The summed E-state index contributed by atoms with van der Waals surface area (Å²) in [6.07, 6.45) is 1.72. The predicted molar refractivity (Wildman–Crippen MR) is 64.0 cm³/mol. The van der Waals surface area contributed by atoms with Gasteiger partial charge >= 0.3 is 5.97 Å². The van der Waals surface area contributed by atoms with E-state index in [1.54, 1.807) is 19.2 Å². The largest absolute Gasteiger partial charge is 0.465 e. The zero-order chi connectivity index (χ0) is 12.6. The molecule has 0 unspecified atom stereocenters. The fourth-order valence-electron chi connectivity index (χ4n) is 1.76. The highest BCUT2D eigenvalue weighted by Crippen LogP contribution is 2.19. The quantitative estimate of drug-likeness (QED) is 0.745. The molecular formula is C12H15N3O2. The van der Waals surface area contributed by atoms with Gasteiger partial charge in [-0.05, 0) is 26.8 Å². The van der Waals surface area contributed by atoms with Gasteiger partial charge in [-0.15, -0.1) is 0 Å². The second kappa shape index (κ2) is 4.16. The standard InChI is InChI=1S/C12H15N3O2/c1-7(2)15-11-9(6-13-15)5-10(8(3)14-11)12(16)17-4/h5-7H,1-4H3. The van der Waals surface area contributed by atoms with Gasteiger partial charge in [-0.2, -0.15) is 5.10 Å². The fourth-order valence-corrected chi connectivity index (χ4v) is 1.76. The van der Waals surface area contributed by atoms with Crippen molar-refractivity contribution in [1.29, 1.82) is 0 Å². The summed E-state index contributed by atoms with van der Waals surface area (Å²) in [5.41, 5.74) is 1.94. The van der Waals surface area contributed by atoms with Crippen LogP contribution in [0.1, 0.15) is 35.9 Å². The molecule has 0 fully saturated rings. The summed E-state index contributed by atoms with van der Waals surface area (Å²) in [7, 11) is 1.36. The maximum Gasteiger partial charge on any atom is 0.339 e. The summed E-state index contributed by atoms with van der Waals surface area (Å²) in [6, 6.07) is 2.01. The molecule has 0 saturated carbocycles. The van der Waals surface area contributed by atoms with E-state index in [9.17, 15) is 4.79 Å². The minimum atomic E-state index is -0.366. The molecule has 0 atom stereocenters. The van der Waals surface area contributed by atoms with Gasteiger partial charge in [-0.3, -0.25) is 0 Å². The second-order valence-corrected chi connectivity index (χ2v) is 4.21. The number of fused-ring (bicyclic) bond motifs is 1. The summed E-state index contributed by atoms with van der Waals surface area (Å²) in [5, 5.41) is 5.12. The van der Waals surface area contributed by atoms with Crippen molar-refractivity contribution in [2.75, 3.05) is 7.11 Å². The van der Waals surface area contributed by atoms with Gasteiger partial charge < -0.3 is 4.74 Å². The maximum absolute atomic E-state index is 11.5. The highest BCUT2D eigenvalue weighted by atomic mass is 16.5. The van der Waals surface area contributed by atoms with Crippen LogP contribution in [0.2, 0.25) is 0 Å². The van der Waals surface area contributed by atoms with Crippen LogP contribution in [0.4, 0.5) is 0 Å². The van der Waals surface area contributed by atoms with E-state index in [0.717, 1.165) is 11.0 Å². The van der Waals surface area contributed by atoms with Gasteiger partial charge in [-0.1, -0.05) is 0 Å². The third kappa shape index (κ3) is 1.88. The van der Waals surface area contributed by atoms with E-state index < -0.39 is 0 Å². The number of methoxy groups -OCH3 is 1. The molecular weight excluding hydrogens is 218 g/mol. The van der Waals surface area contributed by atoms with Crippen LogP contribution in [0, 0.1) is 6.92 Å². The molecule has 0 N–H and O–H groups in total. The molecule has 2 rings (SSSR count). The summed E-state index contributed by atoms with van der Waals surface area (Å²) in [5.74, 6) is -0.366. The molecule has 5 heteroatoms. The molecule has 0 aliphatic carbocycles. The number of esters is 1. The highest BCUT2D eigenvalue weighted by molar-refractivity contribution is 5.94. The number of rotatable bonds is 2. The third-order valence-electron chi connectivity index (χ3n) is 2.65. The van der Waals surface area contributed by atoms with Crippen LogP contribution in [0.25, 0.3) is 11.0 Å². The van der Waals surface area contributed by atoms with E-state index in [2.05, 4.69) is 10.1 Å². The number of hydrogen-bond donors (Lipinski definition) is 0. The Kier molecular flexibility index (Phi) is 2.83. The van der Waals surface area contributed by atoms with Crippen LogP contribution in [-0.2, 0) is 4.74 Å². The lowest BCUT2D eigenvalue weighted by molar-refractivity contribution is 0.0599. The predicted octanol–water partition coefficient (Wildman–Crippen LogP) is 2.11. The average Bonchev–Trinajstić information content (AvgIpc) is 2.69. The number of aromatic nitrogens is 3. The van der Waals surface area contributed by atoms with Crippen molar-refractivity contribution in [2.24, 2.45) is 0 Å². The van der Waals surface area contributed by atoms with Crippen molar-refractivity contribution in [3.05, 3.63) is 23.5 Å². The monoisotopic (exact) mass is 233 g/mol. The summed E-state index contributed by atoms with van der Waals surface area (Å²) < 4.78 is 6.55. The first kappa shape index (κ1) is 11.6. The first-order valence-electron chi connectivity index (χ1n) is 5.47. The second-order valence-electron chi connectivity index (χ2n) is 4.21. The lowest BCUT2D eigenvalue weighted by Gasteiger charge is -2.08. The Morgan fingerprint density at radius 1 is 1.47 bits per heavy atom. The molecule has 0 aliphatic heterocycles. The van der Waals surface area contributed by atoms with Gasteiger partial charge in [-0.25, -0.2) is 14.5 Å². The number of hydrogen-bond acceptors (Lipinski definition) is 4. The molecule has 2 aromatic heterocycles. The minimum absolute atomic E-state index is 0.239. The van der Waals surface area contributed by atoms with Crippen molar-refractivity contribution in [1.82, 2.24) is 14.8 Å². The summed E-state index contributed by atoms with van der Waals surface area (Å²) in [6.45, 7) is 5.87.